The predicted molar refractivity (Wildman–Crippen MR) is 104 cm³/mol. The highest BCUT2D eigenvalue weighted by Gasteiger charge is 2.27. The van der Waals surface area contributed by atoms with Crippen LogP contribution < -0.4 is 4.74 Å². The molecule has 7 nitrogen and oxygen atoms in total. The smallest absolute Gasteiger partial charge is 0.342 e. The first-order valence-electron chi connectivity index (χ1n) is 9.27. The predicted octanol–water partition coefficient (Wildman–Crippen LogP) is 3.01. The van der Waals surface area contributed by atoms with E-state index in [0.717, 1.165) is 25.7 Å². The van der Waals surface area contributed by atoms with Gasteiger partial charge in [0, 0.05) is 19.3 Å². The van der Waals surface area contributed by atoms with E-state index in [9.17, 15) is 13.2 Å². The van der Waals surface area contributed by atoms with Crippen molar-refractivity contribution in [1.29, 1.82) is 0 Å². The zero-order valence-corrected chi connectivity index (χ0v) is 16.7. The average molecular weight is 404 g/mol. The van der Waals surface area contributed by atoms with Gasteiger partial charge in [0.1, 0.15) is 17.9 Å². The third kappa shape index (κ3) is 4.69. The maximum Gasteiger partial charge on any atom is 0.342 e. The van der Waals surface area contributed by atoms with E-state index in [2.05, 4.69) is 4.98 Å². The van der Waals surface area contributed by atoms with Gasteiger partial charge in [-0.25, -0.2) is 13.2 Å². The molecule has 0 spiro atoms. The van der Waals surface area contributed by atoms with E-state index in [4.69, 9.17) is 9.47 Å². The maximum absolute atomic E-state index is 13.0. The summed E-state index contributed by atoms with van der Waals surface area (Å²) in [5.74, 6) is -0.392. The molecule has 150 valence electrons. The number of rotatable bonds is 6. The number of carbonyl (C=O) groups is 1. The highest BCUT2D eigenvalue weighted by atomic mass is 32.2. The number of hydrogen-bond donors (Lipinski definition) is 0. The van der Waals surface area contributed by atoms with Crippen molar-refractivity contribution in [2.24, 2.45) is 0 Å². The molecular weight excluding hydrogens is 380 g/mol. The van der Waals surface area contributed by atoms with Crippen LogP contribution in [0.4, 0.5) is 0 Å². The summed E-state index contributed by atoms with van der Waals surface area (Å²) in [5, 5.41) is 0. The standard InChI is InChI=1S/C20H24N2O5S/c1-26-19-10-9-17(28(24,25)22-12-6-2-3-7-13-22)14-18(19)20(23)27-15-16-8-4-5-11-21-16/h4-5,8-11,14H,2-3,6-7,12-13,15H2,1H3. The van der Waals surface area contributed by atoms with E-state index in [0.29, 0.717) is 18.8 Å². The Morgan fingerprint density at radius 3 is 2.50 bits per heavy atom. The van der Waals surface area contributed by atoms with Gasteiger partial charge in [0.2, 0.25) is 10.0 Å². The molecular formula is C20H24N2O5S. The molecule has 0 N–H and O–H groups in total. The number of ether oxygens (including phenoxy) is 2. The molecule has 1 aromatic heterocycles. The van der Waals surface area contributed by atoms with Gasteiger partial charge < -0.3 is 9.47 Å². The number of benzene rings is 1. The lowest BCUT2D eigenvalue weighted by atomic mass is 10.2. The zero-order valence-electron chi connectivity index (χ0n) is 15.8. The normalized spacial score (nSPS) is 15.6. The molecule has 0 amide bonds. The molecule has 8 heteroatoms. The van der Waals surface area contributed by atoms with Crippen LogP contribution >= 0.6 is 0 Å². The SMILES string of the molecule is COc1ccc(S(=O)(=O)N2CCCCCC2)cc1C(=O)OCc1ccccn1. The first-order valence-corrected chi connectivity index (χ1v) is 10.7. The number of aromatic nitrogens is 1. The molecule has 0 atom stereocenters. The van der Waals surface area contributed by atoms with E-state index >= 15 is 0 Å². The van der Waals surface area contributed by atoms with Crippen LogP contribution in [0.5, 0.6) is 5.75 Å². The number of methoxy groups -OCH3 is 1. The Morgan fingerprint density at radius 2 is 1.86 bits per heavy atom. The lowest BCUT2D eigenvalue weighted by molar-refractivity contribution is 0.0464. The minimum atomic E-state index is -3.68. The van der Waals surface area contributed by atoms with Crippen molar-refractivity contribution in [3.63, 3.8) is 0 Å². The molecule has 28 heavy (non-hydrogen) atoms. The van der Waals surface area contributed by atoms with Crippen molar-refractivity contribution in [2.45, 2.75) is 37.2 Å². The Hall–Kier alpha value is -2.45. The quantitative estimate of drug-likeness (QED) is 0.688. The number of hydrogen-bond acceptors (Lipinski definition) is 6. The summed E-state index contributed by atoms with van der Waals surface area (Å²) in [6, 6.07) is 9.60. The first kappa shape index (κ1) is 20.3. The summed E-state index contributed by atoms with van der Waals surface area (Å²) >= 11 is 0. The summed E-state index contributed by atoms with van der Waals surface area (Å²) in [6.45, 7) is 0.980. The van der Waals surface area contributed by atoms with Crippen LogP contribution in [0.2, 0.25) is 0 Å². The monoisotopic (exact) mass is 404 g/mol. The second kappa shape index (κ2) is 9.16. The van der Waals surface area contributed by atoms with Crippen molar-refractivity contribution < 1.29 is 22.7 Å². The Morgan fingerprint density at radius 1 is 1.11 bits per heavy atom. The molecule has 3 rings (SSSR count). The first-order chi connectivity index (χ1) is 13.5. The fourth-order valence-corrected chi connectivity index (χ4v) is 4.68. The Balaban J connectivity index is 1.83. The molecule has 1 aliphatic heterocycles. The van der Waals surface area contributed by atoms with Crippen molar-refractivity contribution >= 4 is 16.0 Å². The largest absolute Gasteiger partial charge is 0.496 e. The van der Waals surface area contributed by atoms with Crippen molar-refractivity contribution in [3.8, 4) is 5.75 Å². The van der Waals surface area contributed by atoms with Gasteiger partial charge in [0.15, 0.2) is 0 Å². The third-order valence-corrected chi connectivity index (χ3v) is 6.57. The zero-order chi connectivity index (χ0) is 20.0. The van der Waals surface area contributed by atoms with Crippen LogP contribution in [-0.2, 0) is 21.4 Å². The van der Waals surface area contributed by atoms with Crippen LogP contribution in [0, 0.1) is 0 Å². The number of pyridine rings is 1. The fourth-order valence-electron chi connectivity index (χ4n) is 3.14. The van der Waals surface area contributed by atoms with E-state index in [1.807, 2.05) is 0 Å². The Labute approximate surface area is 165 Å². The second-order valence-corrected chi connectivity index (χ2v) is 8.52. The van der Waals surface area contributed by atoms with Gasteiger partial charge in [-0.1, -0.05) is 18.9 Å². The highest BCUT2D eigenvalue weighted by Crippen LogP contribution is 2.27. The molecule has 1 aromatic carbocycles. The van der Waals surface area contributed by atoms with E-state index in [1.165, 1.54) is 29.6 Å². The van der Waals surface area contributed by atoms with Gasteiger partial charge in [0.25, 0.3) is 0 Å². The molecule has 1 aliphatic rings. The molecule has 0 unspecified atom stereocenters. The molecule has 0 radical (unpaired) electrons. The van der Waals surface area contributed by atoms with Crippen LogP contribution in [0.3, 0.4) is 0 Å². The third-order valence-electron chi connectivity index (χ3n) is 4.67. The summed E-state index contributed by atoms with van der Waals surface area (Å²) in [4.78, 5) is 16.7. The lowest BCUT2D eigenvalue weighted by Crippen LogP contribution is -2.32. The van der Waals surface area contributed by atoms with Gasteiger partial charge in [-0.15, -0.1) is 0 Å². The molecule has 0 bridgehead atoms. The number of nitrogens with zero attached hydrogens (tertiary/aromatic N) is 2. The van der Waals surface area contributed by atoms with E-state index in [-0.39, 0.29) is 22.8 Å². The van der Waals surface area contributed by atoms with E-state index in [1.54, 1.807) is 24.4 Å². The fraction of sp³-hybridized carbons (Fsp3) is 0.400. The van der Waals surface area contributed by atoms with Gasteiger partial charge in [-0.2, -0.15) is 4.31 Å². The number of carbonyl (C=O) groups excluding carboxylic acids is 1. The van der Waals surface area contributed by atoms with Gasteiger partial charge in [-0.05, 0) is 43.2 Å². The molecule has 0 aliphatic carbocycles. The Kier molecular flexibility index (Phi) is 6.64. The Bertz CT molecular complexity index is 907. The number of esters is 1. The molecule has 1 saturated heterocycles. The topological polar surface area (TPSA) is 85.8 Å². The van der Waals surface area contributed by atoms with Crippen LogP contribution in [-0.4, -0.2) is 43.9 Å². The summed E-state index contributed by atoms with van der Waals surface area (Å²) in [5.41, 5.74) is 0.678. The lowest BCUT2D eigenvalue weighted by Gasteiger charge is -2.20. The van der Waals surface area contributed by atoms with Crippen LogP contribution in [0.25, 0.3) is 0 Å². The summed E-state index contributed by atoms with van der Waals surface area (Å²) in [6.07, 6.45) is 5.35. The van der Waals surface area contributed by atoms with Crippen molar-refractivity contribution in [2.75, 3.05) is 20.2 Å². The second-order valence-electron chi connectivity index (χ2n) is 6.58. The maximum atomic E-state index is 13.0. The minimum Gasteiger partial charge on any atom is -0.496 e. The van der Waals surface area contributed by atoms with Crippen LogP contribution in [0.15, 0.2) is 47.5 Å². The molecule has 2 heterocycles. The highest BCUT2D eigenvalue weighted by molar-refractivity contribution is 7.89. The number of sulfonamides is 1. The van der Waals surface area contributed by atoms with Crippen LogP contribution in [0.1, 0.15) is 41.7 Å². The molecule has 2 aromatic rings. The van der Waals surface area contributed by atoms with Crippen molar-refractivity contribution in [3.05, 3.63) is 53.9 Å². The summed E-state index contributed by atoms with van der Waals surface area (Å²) in [7, 11) is -2.25. The van der Waals surface area contributed by atoms with E-state index < -0.39 is 16.0 Å². The average Bonchev–Trinajstić information content (AvgIpc) is 3.02. The van der Waals surface area contributed by atoms with Crippen molar-refractivity contribution in [1.82, 2.24) is 9.29 Å². The molecule has 0 saturated carbocycles. The molecule has 1 fully saturated rings. The minimum absolute atomic E-state index is 0.00801. The summed E-state index contributed by atoms with van der Waals surface area (Å²) < 4.78 is 38.1. The van der Waals surface area contributed by atoms with Gasteiger partial charge in [0.05, 0.1) is 17.7 Å². The van der Waals surface area contributed by atoms with Gasteiger partial charge in [-0.3, -0.25) is 4.98 Å². The van der Waals surface area contributed by atoms with Gasteiger partial charge >= 0.3 is 5.97 Å².